The van der Waals surface area contributed by atoms with E-state index in [0.29, 0.717) is 12.2 Å². The summed E-state index contributed by atoms with van der Waals surface area (Å²) in [6, 6.07) is 11.7. The average Bonchev–Trinajstić information content (AvgIpc) is 2.91. The van der Waals surface area contributed by atoms with E-state index in [1.807, 2.05) is 42.6 Å². The van der Waals surface area contributed by atoms with Gasteiger partial charge in [0.15, 0.2) is 0 Å². The number of carbonyl (C=O) groups excluding carboxylic acids is 1. The van der Waals surface area contributed by atoms with Gasteiger partial charge in [-0.25, -0.2) is 4.98 Å². The number of hydrogen-bond acceptors (Lipinski definition) is 3. The highest BCUT2D eigenvalue weighted by Crippen LogP contribution is 2.29. The van der Waals surface area contributed by atoms with E-state index in [9.17, 15) is 4.79 Å². The van der Waals surface area contributed by atoms with Crippen molar-refractivity contribution in [1.29, 1.82) is 0 Å². The third-order valence-corrected chi connectivity index (χ3v) is 3.47. The minimum absolute atomic E-state index is 0.0252. The fourth-order valence-corrected chi connectivity index (χ4v) is 2.49. The molecule has 0 radical (unpaired) electrons. The van der Waals surface area contributed by atoms with Gasteiger partial charge in [-0.05, 0) is 35.6 Å². The smallest absolute Gasteiger partial charge is 0.225 e. The van der Waals surface area contributed by atoms with Crippen LogP contribution in [0.15, 0.2) is 48.8 Å². The van der Waals surface area contributed by atoms with Crippen molar-refractivity contribution in [2.45, 2.75) is 6.42 Å². The van der Waals surface area contributed by atoms with Crippen LogP contribution in [0.3, 0.4) is 0 Å². The molecule has 5 heteroatoms. The second-order valence-corrected chi connectivity index (χ2v) is 5.15. The van der Waals surface area contributed by atoms with Crippen LogP contribution in [0.25, 0.3) is 22.2 Å². The Morgan fingerprint density at radius 3 is 3.05 bits per heavy atom. The van der Waals surface area contributed by atoms with Crippen molar-refractivity contribution in [3.05, 3.63) is 48.8 Å². The highest BCUT2D eigenvalue weighted by atomic mass is 32.1. The van der Waals surface area contributed by atoms with Crippen LogP contribution in [0.4, 0.5) is 5.69 Å². The van der Waals surface area contributed by atoms with E-state index in [1.54, 1.807) is 6.20 Å². The summed E-state index contributed by atoms with van der Waals surface area (Å²) in [5, 5.41) is 3.95. The first kappa shape index (κ1) is 13.7. The molecule has 0 unspecified atom stereocenters. The van der Waals surface area contributed by atoms with Crippen LogP contribution in [0.1, 0.15) is 6.42 Å². The number of pyridine rings is 1. The molecule has 3 rings (SSSR count). The lowest BCUT2D eigenvalue weighted by Gasteiger charge is -2.06. The molecule has 2 aromatic heterocycles. The quantitative estimate of drug-likeness (QED) is 0.646. The first-order chi connectivity index (χ1) is 10.3. The molecule has 0 saturated heterocycles. The second-order valence-electron chi connectivity index (χ2n) is 4.70. The van der Waals surface area contributed by atoms with E-state index in [4.69, 9.17) is 0 Å². The molecule has 0 bridgehead atoms. The molecule has 0 aliphatic rings. The summed E-state index contributed by atoms with van der Waals surface area (Å²) in [7, 11) is 0. The van der Waals surface area contributed by atoms with Crippen molar-refractivity contribution in [2.24, 2.45) is 0 Å². The van der Waals surface area contributed by atoms with Gasteiger partial charge in [-0.15, -0.1) is 0 Å². The van der Waals surface area contributed by atoms with E-state index in [0.717, 1.165) is 27.8 Å². The molecule has 0 aliphatic heterocycles. The number of nitrogens with one attached hydrogen (secondary N) is 2. The van der Waals surface area contributed by atoms with Crippen molar-refractivity contribution < 1.29 is 4.79 Å². The molecule has 2 heterocycles. The Hall–Kier alpha value is -2.27. The molecule has 3 aromatic rings. The number of aromatic amines is 1. The zero-order valence-corrected chi connectivity index (χ0v) is 12.2. The third kappa shape index (κ3) is 2.92. The summed E-state index contributed by atoms with van der Waals surface area (Å²) >= 11 is 4.06. The standard InChI is InChI=1S/C16H15N3OS/c20-15(6-8-21)19-12-4-1-3-11(9-12)14-10-18-16-13(14)5-2-7-17-16/h1-5,7,9-10,21H,6,8H2,(H,17,18)(H,19,20). The summed E-state index contributed by atoms with van der Waals surface area (Å²) in [6.07, 6.45) is 4.10. The van der Waals surface area contributed by atoms with Gasteiger partial charge in [-0.3, -0.25) is 4.79 Å². The van der Waals surface area contributed by atoms with E-state index in [1.165, 1.54) is 0 Å². The summed E-state index contributed by atoms with van der Waals surface area (Å²) < 4.78 is 0. The summed E-state index contributed by atoms with van der Waals surface area (Å²) in [4.78, 5) is 19.1. The maximum Gasteiger partial charge on any atom is 0.225 e. The first-order valence-corrected chi connectivity index (χ1v) is 7.34. The number of anilines is 1. The van der Waals surface area contributed by atoms with Crippen molar-refractivity contribution in [3.63, 3.8) is 0 Å². The van der Waals surface area contributed by atoms with Crippen LogP contribution in [0, 0.1) is 0 Å². The summed E-state index contributed by atoms with van der Waals surface area (Å²) in [5.74, 6) is 0.516. The van der Waals surface area contributed by atoms with Crippen LogP contribution < -0.4 is 5.32 Å². The van der Waals surface area contributed by atoms with Gasteiger partial charge in [0.25, 0.3) is 0 Å². The fourth-order valence-electron chi connectivity index (χ4n) is 2.28. The molecule has 2 N–H and O–H groups in total. The topological polar surface area (TPSA) is 57.8 Å². The van der Waals surface area contributed by atoms with Crippen LogP contribution in [0.5, 0.6) is 0 Å². The van der Waals surface area contributed by atoms with Crippen molar-refractivity contribution in [3.8, 4) is 11.1 Å². The minimum Gasteiger partial charge on any atom is -0.346 e. The van der Waals surface area contributed by atoms with Gasteiger partial charge in [0, 0.05) is 35.5 Å². The monoisotopic (exact) mass is 297 g/mol. The maximum atomic E-state index is 11.6. The molecule has 21 heavy (non-hydrogen) atoms. The predicted octanol–water partition coefficient (Wildman–Crippen LogP) is 3.49. The zero-order valence-electron chi connectivity index (χ0n) is 11.3. The Bertz CT molecular complexity index is 782. The number of amides is 1. The van der Waals surface area contributed by atoms with Gasteiger partial charge in [-0.2, -0.15) is 12.6 Å². The minimum atomic E-state index is -0.0252. The number of rotatable bonds is 4. The Morgan fingerprint density at radius 2 is 2.19 bits per heavy atom. The molecular formula is C16H15N3OS. The van der Waals surface area contributed by atoms with E-state index in [2.05, 4.69) is 27.9 Å². The lowest BCUT2D eigenvalue weighted by atomic mass is 10.1. The zero-order chi connectivity index (χ0) is 14.7. The molecule has 0 spiro atoms. The number of nitrogens with zero attached hydrogens (tertiary/aromatic N) is 1. The number of benzene rings is 1. The summed E-state index contributed by atoms with van der Waals surface area (Å²) in [5.41, 5.74) is 3.76. The molecule has 1 aromatic carbocycles. The van der Waals surface area contributed by atoms with Gasteiger partial charge in [0.1, 0.15) is 5.65 Å². The normalized spacial score (nSPS) is 10.7. The van der Waals surface area contributed by atoms with Crippen molar-refractivity contribution in [2.75, 3.05) is 11.1 Å². The Kier molecular flexibility index (Phi) is 3.92. The average molecular weight is 297 g/mol. The van der Waals surface area contributed by atoms with E-state index < -0.39 is 0 Å². The Labute approximate surface area is 128 Å². The maximum absolute atomic E-state index is 11.6. The first-order valence-electron chi connectivity index (χ1n) is 6.71. The molecule has 0 atom stereocenters. The molecule has 1 amide bonds. The highest BCUT2D eigenvalue weighted by Gasteiger charge is 2.08. The third-order valence-electron chi connectivity index (χ3n) is 3.25. The van der Waals surface area contributed by atoms with Gasteiger partial charge in [0.05, 0.1) is 0 Å². The molecular weight excluding hydrogens is 282 g/mol. The second kappa shape index (κ2) is 6.01. The van der Waals surface area contributed by atoms with Gasteiger partial charge < -0.3 is 10.3 Å². The van der Waals surface area contributed by atoms with Crippen LogP contribution >= 0.6 is 12.6 Å². The Balaban J connectivity index is 1.94. The SMILES string of the molecule is O=C(CCS)Nc1cccc(-c2c[nH]c3ncccc23)c1. The molecule has 106 valence electrons. The molecule has 0 aliphatic carbocycles. The highest BCUT2D eigenvalue weighted by molar-refractivity contribution is 7.80. The number of H-pyrrole nitrogens is 1. The van der Waals surface area contributed by atoms with Crippen molar-refractivity contribution >= 4 is 35.3 Å². The predicted molar refractivity (Wildman–Crippen MR) is 88.6 cm³/mol. The van der Waals surface area contributed by atoms with E-state index >= 15 is 0 Å². The number of hydrogen-bond donors (Lipinski definition) is 3. The van der Waals surface area contributed by atoms with Gasteiger partial charge in [-0.1, -0.05) is 12.1 Å². The molecule has 0 saturated carbocycles. The van der Waals surface area contributed by atoms with Gasteiger partial charge >= 0.3 is 0 Å². The number of aromatic nitrogens is 2. The van der Waals surface area contributed by atoms with Crippen molar-refractivity contribution in [1.82, 2.24) is 9.97 Å². The van der Waals surface area contributed by atoms with Crippen LogP contribution in [-0.2, 0) is 4.79 Å². The number of fused-ring (bicyclic) bond motifs is 1. The molecule has 4 nitrogen and oxygen atoms in total. The largest absolute Gasteiger partial charge is 0.346 e. The van der Waals surface area contributed by atoms with Gasteiger partial charge in [0.2, 0.25) is 5.91 Å². The summed E-state index contributed by atoms with van der Waals surface area (Å²) in [6.45, 7) is 0. The lowest BCUT2D eigenvalue weighted by Crippen LogP contribution is -2.11. The van der Waals surface area contributed by atoms with E-state index in [-0.39, 0.29) is 5.91 Å². The molecule has 0 fully saturated rings. The number of thiol groups is 1. The lowest BCUT2D eigenvalue weighted by molar-refractivity contribution is -0.115. The Morgan fingerprint density at radius 1 is 1.29 bits per heavy atom. The number of carbonyl (C=O) groups is 1. The fraction of sp³-hybridized carbons (Fsp3) is 0.125. The van der Waals surface area contributed by atoms with Crippen LogP contribution in [-0.4, -0.2) is 21.6 Å². The van der Waals surface area contributed by atoms with Crippen LogP contribution in [0.2, 0.25) is 0 Å².